The van der Waals surface area contributed by atoms with Crippen molar-refractivity contribution in [3.8, 4) is 5.75 Å². The van der Waals surface area contributed by atoms with Crippen LogP contribution in [0.5, 0.6) is 5.75 Å². The summed E-state index contributed by atoms with van der Waals surface area (Å²) in [5.41, 5.74) is 6.75. The quantitative estimate of drug-likeness (QED) is 0.831. The Kier molecular flexibility index (Phi) is 5.00. The Hall–Kier alpha value is -1.86. The highest BCUT2D eigenvalue weighted by Crippen LogP contribution is 2.31. The number of hydrogen-bond donors (Lipinski definition) is 1. The molecular weight excluding hydrogens is 374 g/mol. The Bertz CT molecular complexity index is 1010. The maximum atomic E-state index is 11.8. The van der Waals surface area contributed by atoms with Crippen molar-refractivity contribution >= 4 is 9.84 Å². The van der Waals surface area contributed by atoms with Crippen LogP contribution < -0.4 is 0 Å². The molecule has 2 aliphatic rings. The van der Waals surface area contributed by atoms with Crippen LogP contribution in [0.2, 0.25) is 0 Å². The number of hydrogen-bond acceptors (Lipinski definition) is 5. The minimum absolute atomic E-state index is 0.0523. The standard InChI is InChI=1S/C21H29N3O3S/c1-14-20(15(2)24(22-14)19-7-8-28(26,27)13-19)12-23(3)11-18-9-16-5-4-6-17(16)10-21(18)25/h9-10,19,25H,4-8,11-13H2,1-3H3. The fraction of sp³-hybridized carbons (Fsp3) is 0.571. The van der Waals surface area contributed by atoms with Gasteiger partial charge in [0, 0.05) is 29.9 Å². The van der Waals surface area contributed by atoms with E-state index in [1.807, 2.05) is 31.6 Å². The van der Waals surface area contributed by atoms with Crippen LogP contribution >= 0.6 is 0 Å². The second-order valence-electron chi connectivity index (χ2n) is 8.43. The molecule has 1 aliphatic carbocycles. The molecule has 1 unspecified atom stereocenters. The van der Waals surface area contributed by atoms with Gasteiger partial charge in [0.25, 0.3) is 0 Å². The highest BCUT2D eigenvalue weighted by Gasteiger charge is 2.31. The van der Waals surface area contributed by atoms with Gasteiger partial charge in [0.1, 0.15) is 5.75 Å². The first-order chi connectivity index (χ1) is 13.2. The molecule has 6 nitrogen and oxygen atoms in total. The third kappa shape index (κ3) is 3.70. The first-order valence-corrected chi connectivity index (χ1v) is 11.8. The van der Waals surface area contributed by atoms with Gasteiger partial charge >= 0.3 is 0 Å². The van der Waals surface area contributed by atoms with Crippen molar-refractivity contribution in [2.75, 3.05) is 18.6 Å². The molecule has 1 fully saturated rings. The van der Waals surface area contributed by atoms with Crippen molar-refractivity contribution in [3.05, 3.63) is 45.8 Å². The molecular formula is C21H29N3O3S. The molecule has 0 radical (unpaired) electrons. The lowest BCUT2D eigenvalue weighted by molar-refractivity contribution is 0.311. The predicted molar refractivity (Wildman–Crippen MR) is 109 cm³/mol. The zero-order chi connectivity index (χ0) is 20.1. The third-order valence-electron chi connectivity index (χ3n) is 6.19. The van der Waals surface area contributed by atoms with E-state index in [2.05, 4.69) is 16.1 Å². The molecule has 28 heavy (non-hydrogen) atoms. The summed E-state index contributed by atoms with van der Waals surface area (Å²) in [5.74, 6) is 0.823. The summed E-state index contributed by atoms with van der Waals surface area (Å²) < 4.78 is 25.6. The van der Waals surface area contributed by atoms with E-state index < -0.39 is 9.84 Å². The summed E-state index contributed by atoms with van der Waals surface area (Å²) in [4.78, 5) is 2.18. The number of sulfone groups is 1. The van der Waals surface area contributed by atoms with Gasteiger partial charge in [-0.3, -0.25) is 9.58 Å². The van der Waals surface area contributed by atoms with E-state index in [-0.39, 0.29) is 17.5 Å². The number of phenols is 1. The predicted octanol–water partition coefficient (Wildman–Crippen LogP) is 2.69. The summed E-state index contributed by atoms with van der Waals surface area (Å²) in [5, 5.41) is 15.1. The van der Waals surface area contributed by atoms with Gasteiger partial charge < -0.3 is 5.11 Å². The van der Waals surface area contributed by atoms with Crippen molar-refractivity contribution in [2.45, 2.75) is 58.7 Å². The molecule has 1 aromatic heterocycles. The normalized spacial score (nSPS) is 20.8. The van der Waals surface area contributed by atoms with Gasteiger partial charge in [0.2, 0.25) is 0 Å². The average Bonchev–Trinajstić information content (AvgIpc) is 3.28. The van der Waals surface area contributed by atoms with Crippen molar-refractivity contribution in [3.63, 3.8) is 0 Å². The maximum Gasteiger partial charge on any atom is 0.152 e. The van der Waals surface area contributed by atoms with Crippen LogP contribution in [0.15, 0.2) is 12.1 Å². The monoisotopic (exact) mass is 403 g/mol. The number of nitrogens with zero attached hydrogens (tertiary/aromatic N) is 3. The highest BCUT2D eigenvalue weighted by atomic mass is 32.2. The zero-order valence-corrected chi connectivity index (χ0v) is 17.7. The number of benzene rings is 1. The van der Waals surface area contributed by atoms with E-state index in [0.29, 0.717) is 25.3 Å². The Morgan fingerprint density at radius 1 is 1.21 bits per heavy atom. The Morgan fingerprint density at radius 2 is 1.93 bits per heavy atom. The fourth-order valence-electron chi connectivity index (χ4n) is 4.66. The van der Waals surface area contributed by atoms with E-state index >= 15 is 0 Å². The maximum absolute atomic E-state index is 11.8. The zero-order valence-electron chi connectivity index (χ0n) is 16.9. The van der Waals surface area contributed by atoms with Crippen LogP contribution in [0.3, 0.4) is 0 Å². The molecule has 2 heterocycles. The minimum atomic E-state index is -2.94. The summed E-state index contributed by atoms with van der Waals surface area (Å²) in [6.45, 7) is 5.40. The molecule has 4 rings (SSSR count). The van der Waals surface area contributed by atoms with E-state index in [4.69, 9.17) is 0 Å². The lowest BCUT2D eigenvalue weighted by Gasteiger charge is -2.19. The van der Waals surface area contributed by atoms with Gasteiger partial charge in [-0.1, -0.05) is 6.07 Å². The summed E-state index contributed by atoms with van der Waals surface area (Å²) in [6, 6.07) is 4.03. The first kappa shape index (κ1) is 19.5. The fourth-order valence-corrected chi connectivity index (χ4v) is 6.35. The second-order valence-corrected chi connectivity index (χ2v) is 10.7. The molecule has 1 aromatic carbocycles. The van der Waals surface area contributed by atoms with Crippen molar-refractivity contribution in [2.24, 2.45) is 0 Å². The number of aromatic nitrogens is 2. The van der Waals surface area contributed by atoms with Gasteiger partial charge in [0.15, 0.2) is 9.84 Å². The SMILES string of the molecule is Cc1nn(C2CCS(=O)(=O)C2)c(C)c1CN(C)Cc1cc2c(cc1O)CCC2. The summed E-state index contributed by atoms with van der Waals surface area (Å²) >= 11 is 0. The number of fused-ring (bicyclic) bond motifs is 1. The van der Waals surface area contributed by atoms with Crippen LogP contribution in [0, 0.1) is 13.8 Å². The van der Waals surface area contributed by atoms with Crippen LogP contribution in [0.25, 0.3) is 0 Å². The lowest BCUT2D eigenvalue weighted by Crippen LogP contribution is -2.19. The van der Waals surface area contributed by atoms with Gasteiger partial charge in [0.05, 0.1) is 23.2 Å². The number of aryl methyl sites for hydroxylation is 3. The van der Waals surface area contributed by atoms with Gasteiger partial charge in [-0.2, -0.15) is 5.10 Å². The Labute approximate surface area is 167 Å². The van der Waals surface area contributed by atoms with Gasteiger partial charge in [-0.15, -0.1) is 0 Å². The largest absolute Gasteiger partial charge is 0.508 e. The van der Waals surface area contributed by atoms with E-state index in [0.717, 1.165) is 35.4 Å². The second kappa shape index (κ2) is 7.19. The van der Waals surface area contributed by atoms with Crippen molar-refractivity contribution in [1.82, 2.24) is 14.7 Å². The average molecular weight is 404 g/mol. The van der Waals surface area contributed by atoms with Gasteiger partial charge in [-0.05, 0) is 63.8 Å². The molecule has 152 valence electrons. The molecule has 1 atom stereocenters. The minimum Gasteiger partial charge on any atom is -0.508 e. The topological polar surface area (TPSA) is 75.4 Å². The molecule has 1 N–H and O–H groups in total. The highest BCUT2D eigenvalue weighted by molar-refractivity contribution is 7.91. The van der Waals surface area contributed by atoms with Crippen molar-refractivity contribution in [1.29, 1.82) is 0 Å². The van der Waals surface area contributed by atoms with Gasteiger partial charge in [-0.25, -0.2) is 8.42 Å². The molecule has 0 bridgehead atoms. The summed E-state index contributed by atoms with van der Waals surface area (Å²) in [7, 11) is -0.892. The van der Waals surface area contributed by atoms with E-state index in [1.165, 1.54) is 17.5 Å². The molecule has 7 heteroatoms. The van der Waals surface area contributed by atoms with Crippen LogP contribution in [0.1, 0.15) is 52.5 Å². The Balaban J connectivity index is 1.50. The molecule has 0 amide bonds. The molecule has 2 aromatic rings. The molecule has 1 aliphatic heterocycles. The number of rotatable bonds is 5. The van der Waals surface area contributed by atoms with Crippen LogP contribution in [-0.2, 0) is 35.8 Å². The number of phenolic OH excluding ortho intramolecular Hbond substituents is 1. The molecule has 1 saturated heterocycles. The van der Waals surface area contributed by atoms with Crippen LogP contribution in [0.4, 0.5) is 0 Å². The lowest BCUT2D eigenvalue weighted by atomic mass is 10.0. The smallest absolute Gasteiger partial charge is 0.152 e. The van der Waals surface area contributed by atoms with E-state index in [1.54, 1.807) is 0 Å². The number of aromatic hydroxyl groups is 1. The van der Waals surface area contributed by atoms with Crippen LogP contribution in [-0.4, -0.2) is 46.8 Å². The van der Waals surface area contributed by atoms with Crippen molar-refractivity contribution < 1.29 is 13.5 Å². The first-order valence-electron chi connectivity index (χ1n) is 10.0. The molecule has 0 spiro atoms. The molecule has 0 saturated carbocycles. The summed E-state index contributed by atoms with van der Waals surface area (Å²) in [6.07, 6.45) is 3.97. The third-order valence-corrected chi connectivity index (χ3v) is 7.94. The van der Waals surface area contributed by atoms with E-state index in [9.17, 15) is 13.5 Å². The Morgan fingerprint density at radius 3 is 2.61 bits per heavy atom.